The monoisotopic (exact) mass is 256 g/mol. The highest BCUT2D eigenvalue weighted by molar-refractivity contribution is 5.85. The Balaban J connectivity index is 0.00000144. The van der Waals surface area contributed by atoms with Gasteiger partial charge in [-0.05, 0) is 5.56 Å². The van der Waals surface area contributed by atoms with Gasteiger partial charge in [0, 0.05) is 26.2 Å². The zero-order chi connectivity index (χ0) is 11.4. The minimum atomic E-state index is -0.766. The standard InChI is InChI=1S/C12H16N2O2.ClH/c15-12(16)11-9-14(7-6-13-11)8-10-4-2-1-3-5-10;/h1-5,11,13H,6-9H2,(H,15,16);1H/t11-;/m0./s1. The lowest BCUT2D eigenvalue weighted by molar-refractivity contribution is -0.140. The van der Waals surface area contributed by atoms with Crippen molar-refractivity contribution in [3.63, 3.8) is 0 Å². The number of nitrogens with one attached hydrogen (secondary N) is 1. The highest BCUT2D eigenvalue weighted by Gasteiger charge is 2.24. The molecule has 0 saturated carbocycles. The number of carboxylic acids is 1. The SMILES string of the molecule is Cl.O=C(O)[C@@H]1CN(Cc2ccccc2)CCN1. The van der Waals surface area contributed by atoms with Crippen LogP contribution in [0.3, 0.4) is 0 Å². The Hall–Kier alpha value is -1.10. The second kappa shape index (κ2) is 6.59. The van der Waals surface area contributed by atoms with Gasteiger partial charge >= 0.3 is 5.97 Å². The maximum Gasteiger partial charge on any atom is 0.322 e. The molecule has 1 heterocycles. The summed E-state index contributed by atoms with van der Waals surface area (Å²) < 4.78 is 0. The molecular formula is C12H17ClN2O2. The van der Waals surface area contributed by atoms with E-state index < -0.39 is 12.0 Å². The lowest BCUT2D eigenvalue weighted by atomic mass is 10.1. The molecule has 1 atom stereocenters. The third-order valence-corrected chi connectivity index (χ3v) is 2.81. The maximum absolute atomic E-state index is 10.9. The number of aliphatic carboxylic acids is 1. The number of carbonyl (C=O) groups is 1. The van der Waals surface area contributed by atoms with Crippen molar-refractivity contribution >= 4 is 18.4 Å². The van der Waals surface area contributed by atoms with Gasteiger partial charge in [0.15, 0.2) is 0 Å². The van der Waals surface area contributed by atoms with Crippen molar-refractivity contribution in [2.24, 2.45) is 0 Å². The van der Waals surface area contributed by atoms with Gasteiger partial charge in [-0.2, -0.15) is 0 Å². The largest absolute Gasteiger partial charge is 0.480 e. The molecule has 2 N–H and O–H groups in total. The van der Waals surface area contributed by atoms with Crippen LogP contribution in [-0.4, -0.2) is 41.7 Å². The zero-order valence-electron chi connectivity index (χ0n) is 9.50. The van der Waals surface area contributed by atoms with E-state index >= 15 is 0 Å². The van der Waals surface area contributed by atoms with E-state index in [2.05, 4.69) is 22.3 Å². The molecule has 5 heteroatoms. The summed E-state index contributed by atoms with van der Waals surface area (Å²) in [6, 6.07) is 9.70. The Morgan fingerprint density at radius 3 is 2.76 bits per heavy atom. The number of hydrogen-bond donors (Lipinski definition) is 2. The van der Waals surface area contributed by atoms with Crippen LogP contribution in [-0.2, 0) is 11.3 Å². The summed E-state index contributed by atoms with van der Waals surface area (Å²) >= 11 is 0. The second-order valence-corrected chi connectivity index (χ2v) is 4.07. The van der Waals surface area contributed by atoms with Gasteiger partial charge in [-0.15, -0.1) is 12.4 Å². The first-order chi connectivity index (χ1) is 7.75. The van der Waals surface area contributed by atoms with Gasteiger partial charge in [0.1, 0.15) is 6.04 Å². The molecule has 0 aliphatic carbocycles. The molecule has 17 heavy (non-hydrogen) atoms. The predicted octanol–water partition coefficient (Wildman–Crippen LogP) is 0.967. The summed E-state index contributed by atoms with van der Waals surface area (Å²) in [7, 11) is 0. The van der Waals surface area contributed by atoms with Crippen LogP contribution in [0.25, 0.3) is 0 Å². The summed E-state index contributed by atoms with van der Waals surface area (Å²) in [5, 5.41) is 11.9. The van der Waals surface area contributed by atoms with Gasteiger partial charge in [-0.1, -0.05) is 30.3 Å². The molecule has 1 fully saturated rings. The summed E-state index contributed by atoms with van der Waals surface area (Å²) in [6.45, 7) is 3.04. The Bertz CT molecular complexity index is 359. The number of piperazine rings is 1. The summed E-state index contributed by atoms with van der Waals surface area (Å²) in [4.78, 5) is 13.0. The molecule has 2 rings (SSSR count). The van der Waals surface area contributed by atoms with Crippen molar-refractivity contribution in [1.82, 2.24) is 10.2 Å². The minimum absolute atomic E-state index is 0. The van der Waals surface area contributed by atoms with Gasteiger partial charge in [0.05, 0.1) is 0 Å². The normalized spacial score (nSPS) is 20.6. The molecule has 1 aliphatic rings. The average Bonchev–Trinajstić information content (AvgIpc) is 2.30. The first-order valence-corrected chi connectivity index (χ1v) is 5.48. The van der Waals surface area contributed by atoms with Gasteiger partial charge < -0.3 is 10.4 Å². The van der Waals surface area contributed by atoms with E-state index in [1.54, 1.807) is 0 Å². The average molecular weight is 257 g/mol. The van der Waals surface area contributed by atoms with Gasteiger partial charge in [0.2, 0.25) is 0 Å². The van der Waals surface area contributed by atoms with Gasteiger partial charge in [-0.25, -0.2) is 0 Å². The van der Waals surface area contributed by atoms with Crippen LogP contribution in [0, 0.1) is 0 Å². The molecule has 0 aromatic heterocycles. The van der Waals surface area contributed by atoms with Crippen molar-refractivity contribution in [2.45, 2.75) is 12.6 Å². The van der Waals surface area contributed by atoms with E-state index in [1.807, 2.05) is 18.2 Å². The maximum atomic E-state index is 10.9. The molecule has 0 radical (unpaired) electrons. The fraction of sp³-hybridized carbons (Fsp3) is 0.417. The third-order valence-electron chi connectivity index (χ3n) is 2.81. The van der Waals surface area contributed by atoms with Crippen molar-refractivity contribution < 1.29 is 9.90 Å². The Labute approximate surface area is 107 Å². The first-order valence-electron chi connectivity index (χ1n) is 5.48. The lowest BCUT2D eigenvalue weighted by Gasteiger charge is -2.31. The van der Waals surface area contributed by atoms with Crippen LogP contribution in [0.4, 0.5) is 0 Å². The van der Waals surface area contributed by atoms with Gasteiger partial charge in [0.25, 0.3) is 0 Å². The van der Waals surface area contributed by atoms with Crippen LogP contribution < -0.4 is 5.32 Å². The molecule has 1 aliphatic heterocycles. The van der Waals surface area contributed by atoms with E-state index in [0.29, 0.717) is 6.54 Å². The number of benzene rings is 1. The quantitative estimate of drug-likeness (QED) is 0.846. The number of carboxylic acid groups (broad SMARTS) is 1. The lowest BCUT2D eigenvalue weighted by Crippen LogP contribution is -2.53. The Morgan fingerprint density at radius 1 is 1.41 bits per heavy atom. The van der Waals surface area contributed by atoms with Crippen LogP contribution in [0.15, 0.2) is 30.3 Å². The summed E-state index contributed by atoms with van der Waals surface area (Å²) in [5.74, 6) is -0.766. The molecular weight excluding hydrogens is 240 g/mol. The third kappa shape index (κ3) is 4.00. The molecule has 0 spiro atoms. The second-order valence-electron chi connectivity index (χ2n) is 4.07. The molecule has 0 bridgehead atoms. The molecule has 4 nitrogen and oxygen atoms in total. The van der Waals surface area contributed by atoms with Crippen molar-refractivity contribution in [3.8, 4) is 0 Å². The van der Waals surface area contributed by atoms with E-state index in [9.17, 15) is 4.79 Å². The van der Waals surface area contributed by atoms with Crippen molar-refractivity contribution in [2.75, 3.05) is 19.6 Å². The fourth-order valence-corrected chi connectivity index (χ4v) is 1.96. The first kappa shape index (κ1) is 14.0. The van der Waals surface area contributed by atoms with Crippen LogP contribution in [0.5, 0.6) is 0 Å². The molecule has 94 valence electrons. The fourth-order valence-electron chi connectivity index (χ4n) is 1.96. The van der Waals surface area contributed by atoms with E-state index in [1.165, 1.54) is 5.56 Å². The van der Waals surface area contributed by atoms with E-state index in [-0.39, 0.29) is 12.4 Å². The topological polar surface area (TPSA) is 52.6 Å². The molecule has 0 unspecified atom stereocenters. The van der Waals surface area contributed by atoms with Crippen LogP contribution in [0.1, 0.15) is 5.56 Å². The van der Waals surface area contributed by atoms with Crippen LogP contribution in [0.2, 0.25) is 0 Å². The van der Waals surface area contributed by atoms with Crippen LogP contribution >= 0.6 is 12.4 Å². The smallest absolute Gasteiger partial charge is 0.322 e. The number of rotatable bonds is 3. The summed E-state index contributed by atoms with van der Waals surface area (Å²) in [6.07, 6.45) is 0. The number of hydrogen-bond acceptors (Lipinski definition) is 3. The van der Waals surface area contributed by atoms with E-state index in [0.717, 1.165) is 19.6 Å². The Kier molecular flexibility index (Phi) is 5.41. The Morgan fingerprint density at radius 2 is 2.12 bits per heavy atom. The highest BCUT2D eigenvalue weighted by Crippen LogP contribution is 2.07. The molecule has 1 saturated heterocycles. The van der Waals surface area contributed by atoms with Crippen molar-refractivity contribution in [3.05, 3.63) is 35.9 Å². The highest BCUT2D eigenvalue weighted by atomic mass is 35.5. The van der Waals surface area contributed by atoms with Crippen molar-refractivity contribution in [1.29, 1.82) is 0 Å². The minimum Gasteiger partial charge on any atom is -0.480 e. The number of nitrogens with zero attached hydrogens (tertiary/aromatic N) is 1. The number of halogens is 1. The zero-order valence-corrected chi connectivity index (χ0v) is 10.3. The van der Waals surface area contributed by atoms with Gasteiger partial charge in [-0.3, -0.25) is 9.69 Å². The molecule has 0 amide bonds. The molecule has 1 aromatic carbocycles. The predicted molar refractivity (Wildman–Crippen MR) is 68.4 cm³/mol. The summed E-state index contributed by atoms with van der Waals surface area (Å²) in [5.41, 5.74) is 1.23. The molecule has 1 aromatic rings. The van der Waals surface area contributed by atoms with E-state index in [4.69, 9.17) is 5.11 Å².